The number of carbonyl (C=O) groups excluding carboxylic acids is 1. The number of hydrogen-bond donors (Lipinski definition) is 0. The SMILES string of the molecule is CCCCCCCCSc1cccc(C(C)=O)c1. The van der Waals surface area contributed by atoms with Crippen LogP contribution in [0, 0.1) is 0 Å². The normalized spacial score (nSPS) is 10.6. The molecule has 0 amide bonds. The fourth-order valence-electron chi connectivity index (χ4n) is 1.88. The zero-order valence-corrected chi connectivity index (χ0v) is 12.4. The van der Waals surface area contributed by atoms with Gasteiger partial charge in [-0.3, -0.25) is 4.79 Å². The van der Waals surface area contributed by atoms with Crippen LogP contribution < -0.4 is 0 Å². The number of thioether (sulfide) groups is 1. The number of benzene rings is 1. The van der Waals surface area contributed by atoms with Crippen molar-refractivity contribution in [2.24, 2.45) is 0 Å². The van der Waals surface area contributed by atoms with Crippen molar-refractivity contribution >= 4 is 17.5 Å². The van der Waals surface area contributed by atoms with Crippen LogP contribution in [-0.4, -0.2) is 11.5 Å². The van der Waals surface area contributed by atoms with Crippen LogP contribution in [0.4, 0.5) is 0 Å². The lowest BCUT2D eigenvalue weighted by Gasteiger charge is -2.03. The van der Waals surface area contributed by atoms with Crippen LogP contribution in [0.2, 0.25) is 0 Å². The number of carbonyl (C=O) groups is 1. The molecule has 0 spiro atoms. The molecule has 0 fully saturated rings. The van der Waals surface area contributed by atoms with Gasteiger partial charge in [0.15, 0.2) is 5.78 Å². The molecule has 0 heterocycles. The molecule has 0 aromatic heterocycles. The lowest BCUT2D eigenvalue weighted by Crippen LogP contribution is -1.91. The van der Waals surface area contributed by atoms with Gasteiger partial charge >= 0.3 is 0 Å². The van der Waals surface area contributed by atoms with Gasteiger partial charge in [0.05, 0.1) is 0 Å². The van der Waals surface area contributed by atoms with Crippen molar-refractivity contribution in [3.63, 3.8) is 0 Å². The van der Waals surface area contributed by atoms with E-state index in [4.69, 9.17) is 0 Å². The summed E-state index contributed by atoms with van der Waals surface area (Å²) in [5.74, 6) is 1.31. The Hall–Kier alpha value is -0.760. The first kappa shape index (κ1) is 15.3. The molecular weight excluding hydrogens is 240 g/mol. The van der Waals surface area contributed by atoms with Crippen LogP contribution in [0.5, 0.6) is 0 Å². The number of unbranched alkanes of at least 4 members (excludes halogenated alkanes) is 5. The van der Waals surface area contributed by atoms with Crippen molar-refractivity contribution in [3.05, 3.63) is 29.8 Å². The summed E-state index contributed by atoms with van der Waals surface area (Å²) < 4.78 is 0. The fourth-order valence-corrected chi connectivity index (χ4v) is 2.85. The van der Waals surface area contributed by atoms with Gasteiger partial charge in [-0.15, -0.1) is 11.8 Å². The Kier molecular flexibility index (Phi) is 7.83. The zero-order valence-electron chi connectivity index (χ0n) is 11.6. The van der Waals surface area contributed by atoms with E-state index in [2.05, 4.69) is 13.0 Å². The first-order chi connectivity index (χ1) is 8.74. The van der Waals surface area contributed by atoms with E-state index < -0.39 is 0 Å². The summed E-state index contributed by atoms with van der Waals surface area (Å²) in [7, 11) is 0. The van der Waals surface area contributed by atoms with Crippen molar-refractivity contribution in [2.45, 2.75) is 57.3 Å². The third-order valence-corrected chi connectivity index (χ3v) is 4.09. The van der Waals surface area contributed by atoms with E-state index in [1.807, 2.05) is 30.0 Å². The van der Waals surface area contributed by atoms with Crippen molar-refractivity contribution in [1.82, 2.24) is 0 Å². The molecule has 0 aliphatic carbocycles. The maximum atomic E-state index is 11.3. The van der Waals surface area contributed by atoms with E-state index in [1.54, 1.807) is 6.92 Å². The minimum atomic E-state index is 0.150. The molecule has 1 nitrogen and oxygen atoms in total. The van der Waals surface area contributed by atoms with Crippen molar-refractivity contribution in [2.75, 3.05) is 5.75 Å². The molecule has 0 N–H and O–H groups in total. The highest BCUT2D eigenvalue weighted by molar-refractivity contribution is 7.99. The second-order valence-corrected chi connectivity index (χ2v) is 5.87. The highest BCUT2D eigenvalue weighted by Gasteiger charge is 2.00. The maximum absolute atomic E-state index is 11.3. The Morgan fingerprint density at radius 2 is 1.83 bits per heavy atom. The van der Waals surface area contributed by atoms with Crippen molar-refractivity contribution in [3.8, 4) is 0 Å². The van der Waals surface area contributed by atoms with E-state index in [0.717, 1.165) is 11.3 Å². The van der Waals surface area contributed by atoms with E-state index in [1.165, 1.54) is 43.4 Å². The average molecular weight is 264 g/mol. The van der Waals surface area contributed by atoms with E-state index in [9.17, 15) is 4.79 Å². The Labute approximate surface area is 115 Å². The van der Waals surface area contributed by atoms with Gasteiger partial charge in [-0.1, -0.05) is 51.2 Å². The number of rotatable bonds is 9. The molecule has 0 aliphatic rings. The van der Waals surface area contributed by atoms with Crippen molar-refractivity contribution < 1.29 is 4.79 Å². The lowest BCUT2D eigenvalue weighted by atomic mass is 10.1. The zero-order chi connectivity index (χ0) is 13.2. The predicted octanol–water partition coefficient (Wildman–Crippen LogP) is 5.34. The van der Waals surface area contributed by atoms with Gasteiger partial charge in [0.1, 0.15) is 0 Å². The minimum absolute atomic E-state index is 0.150. The van der Waals surface area contributed by atoms with Gasteiger partial charge in [-0.05, 0) is 31.2 Å². The molecule has 1 aromatic rings. The molecule has 100 valence electrons. The molecular formula is C16H24OS. The molecule has 0 bridgehead atoms. The van der Waals surface area contributed by atoms with Crippen LogP contribution in [-0.2, 0) is 0 Å². The molecule has 1 rings (SSSR count). The average Bonchev–Trinajstić information content (AvgIpc) is 2.38. The quantitative estimate of drug-likeness (QED) is 0.340. The van der Waals surface area contributed by atoms with E-state index in [-0.39, 0.29) is 5.78 Å². The molecule has 0 atom stereocenters. The highest BCUT2D eigenvalue weighted by atomic mass is 32.2. The minimum Gasteiger partial charge on any atom is -0.295 e. The maximum Gasteiger partial charge on any atom is 0.159 e. The molecule has 0 saturated carbocycles. The Morgan fingerprint density at radius 1 is 1.11 bits per heavy atom. The van der Waals surface area contributed by atoms with E-state index >= 15 is 0 Å². The summed E-state index contributed by atoms with van der Waals surface area (Å²) in [5, 5.41) is 0. The number of hydrogen-bond acceptors (Lipinski definition) is 2. The summed E-state index contributed by atoms with van der Waals surface area (Å²) in [6.07, 6.45) is 8.03. The molecule has 2 heteroatoms. The lowest BCUT2D eigenvalue weighted by molar-refractivity contribution is 0.101. The fraction of sp³-hybridized carbons (Fsp3) is 0.562. The standard InChI is InChI=1S/C16H24OS/c1-3-4-5-6-7-8-12-18-16-11-9-10-15(13-16)14(2)17/h9-11,13H,3-8,12H2,1-2H3. The van der Waals surface area contributed by atoms with Crippen LogP contribution in [0.1, 0.15) is 62.7 Å². The van der Waals surface area contributed by atoms with Gasteiger partial charge in [0.25, 0.3) is 0 Å². The predicted molar refractivity (Wildman–Crippen MR) is 80.5 cm³/mol. The third-order valence-electron chi connectivity index (χ3n) is 3.01. The van der Waals surface area contributed by atoms with Crippen LogP contribution in [0.15, 0.2) is 29.2 Å². The molecule has 1 aromatic carbocycles. The largest absolute Gasteiger partial charge is 0.295 e. The molecule has 0 unspecified atom stereocenters. The van der Waals surface area contributed by atoms with Crippen LogP contribution in [0.3, 0.4) is 0 Å². The summed E-state index contributed by atoms with van der Waals surface area (Å²) in [4.78, 5) is 12.5. The van der Waals surface area contributed by atoms with E-state index in [0.29, 0.717) is 0 Å². The topological polar surface area (TPSA) is 17.1 Å². The Morgan fingerprint density at radius 3 is 2.56 bits per heavy atom. The highest BCUT2D eigenvalue weighted by Crippen LogP contribution is 2.21. The smallest absolute Gasteiger partial charge is 0.159 e. The first-order valence-corrected chi connectivity index (χ1v) is 7.96. The summed E-state index contributed by atoms with van der Waals surface area (Å²) in [6, 6.07) is 7.95. The van der Waals surface area contributed by atoms with Gasteiger partial charge < -0.3 is 0 Å². The monoisotopic (exact) mass is 264 g/mol. The molecule has 18 heavy (non-hydrogen) atoms. The summed E-state index contributed by atoms with van der Waals surface area (Å²) >= 11 is 1.86. The molecule has 0 aliphatic heterocycles. The van der Waals surface area contributed by atoms with Crippen LogP contribution >= 0.6 is 11.8 Å². The third kappa shape index (κ3) is 6.25. The Balaban J connectivity index is 2.19. The number of Topliss-reactive ketones (excluding diaryl/α,β-unsaturated/α-hetero) is 1. The summed E-state index contributed by atoms with van der Waals surface area (Å²) in [5.41, 5.74) is 0.822. The summed E-state index contributed by atoms with van der Waals surface area (Å²) in [6.45, 7) is 3.87. The van der Waals surface area contributed by atoms with Gasteiger partial charge in [-0.2, -0.15) is 0 Å². The second kappa shape index (κ2) is 9.21. The van der Waals surface area contributed by atoms with Gasteiger partial charge in [-0.25, -0.2) is 0 Å². The first-order valence-electron chi connectivity index (χ1n) is 6.98. The number of ketones is 1. The van der Waals surface area contributed by atoms with Crippen molar-refractivity contribution in [1.29, 1.82) is 0 Å². The van der Waals surface area contributed by atoms with Gasteiger partial charge in [0.2, 0.25) is 0 Å². The molecule has 0 saturated heterocycles. The second-order valence-electron chi connectivity index (χ2n) is 4.70. The Bertz CT molecular complexity index is 360. The van der Waals surface area contributed by atoms with Gasteiger partial charge in [0, 0.05) is 10.5 Å². The molecule has 0 radical (unpaired) electrons. The van der Waals surface area contributed by atoms with Crippen LogP contribution in [0.25, 0.3) is 0 Å².